The molecule has 1 aromatic heterocycles. The number of carbonyl (C=O) groups is 2. The number of nitrogens with zero attached hydrogens (tertiary/aromatic N) is 1. The molecule has 1 amide bonds. The number of hydrogen-bond acceptors (Lipinski definition) is 4. The quantitative estimate of drug-likeness (QED) is 0.789. The van der Waals surface area contributed by atoms with Crippen molar-refractivity contribution in [3.8, 4) is 0 Å². The van der Waals surface area contributed by atoms with E-state index in [0.29, 0.717) is 15.8 Å². The Morgan fingerprint density at radius 2 is 2.04 bits per heavy atom. The predicted octanol–water partition coefficient (Wildman–Crippen LogP) is 3.93. The number of aryl methyl sites for hydroxylation is 1. The Hall–Kier alpha value is -1.85. The number of thiophene rings is 1. The summed E-state index contributed by atoms with van der Waals surface area (Å²) in [5, 5.41) is 0. The van der Waals surface area contributed by atoms with Crippen LogP contribution in [-0.4, -0.2) is 24.5 Å². The van der Waals surface area contributed by atoms with E-state index >= 15 is 0 Å². The van der Waals surface area contributed by atoms with Crippen molar-refractivity contribution in [2.45, 2.75) is 25.9 Å². The summed E-state index contributed by atoms with van der Waals surface area (Å²) in [6.45, 7) is 2.25. The van der Waals surface area contributed by atoms with Gasteiger partial charge < -0.3 is 9.64 Å². The molecule has 0 saturated heterocycles. The molecule has 6 heteroatoms. The minimum Gasteiger partial charge on any atom is -0.448 e. The van der Waals surface area contributed by atoms with Crippen LogP contribution in [-0.2, 0) is 16.0 Å². The molecule has 2 aromatic rings. The number of amides is 1. The van der Waals surface area contributed by atoms with Crippen LogP contribution in [0.15, 0.2) is 36.4 Å². The molecular formula is C17H16ClNO3S. The summed E-state index contributed by atoms with van der Waals surface area (Å²) in [6.07, 6.45) is 1.03. The first kappa shape index (κ1) is 16.0. The summed E-state index contributed by atoms with van der Waals surface area (Å²) in [5.41, 5.74) is 2.06. The van der Waals surface area contributed by atoms with Gasteiger partial charge in [0.25, 0.3) is 5.91 Å². The van der Waals surface area contributed by atoms with Gasteiger partial charge in [0.1, 0.15) is 4.88 Å². The number of para-hydroxylation sites is 1. The van der Waals surface area contributed by atoms with Crippen molar-refractivity contribution >= 4 is 40.5 Å². The van der Waals surface area contributed by atoms with Crippen molar-refractivity contribution in [3.05, 3.63) is 51.2 Å². The van der Waals surface area contributed by atoms with Crippen molar-refractivity contribution in [3.63, 3.8) is 0 Å². The molecule has 0 radical (unpaired) electrons. The lowest BCUT2D eigenvalue weighted by atomic mass is 10.0. The van der Waals surface area contributed by atoms with Gasteiger partial charge in [-0.3, -0.25) is 4.79 Å². The zero-order valence-corrected chi connectivity index (χ0v) is 14.2. The first-order valence-corrected chi connectivity index (χ1v) is 8.61. The van der Waals surface area contributed by atoms with Crippen LogP contribution in [0, 0.1) is 0 Å². The molecule has 2 heterocycles. The Kier molecular flexibility index (Phi) is 4.68. The second-order valence-corrected chi connectivity index (χ2v) is 7.09. The van der Waals surface area contributed by atoms with Crippen molar-refractivity contribution in [1.29, 1.82) is 0 Å². The second-order valence-electron chi connectivity index (χ2n) is 5.37. The Morgan fingerprint density at radius 3 is 2.78 bits per heavy atom. The largest absolute Gasteiger partial charge is 0.448 e. The summed E-state index contributed by atoms with van der Waals surface area (Å²) in [5.74, 6) is -0.721. The summed E-state index contributed by atoms with van der Waals surface area (Å²) in [4.78, 5) is 26.8. The number of fused-ring (bicyclic) bond motifs is 1. The van der Waals surface area contributed by atoms with Crippen LogP contribution >= 0.6 is 22.9 Å². The second kappa shape index (κ2) is 6.72. The zero-order chi connectivity index (χ0) is 16.4. The topological polar surface area (TPSA) is 46.6 Å². The molecule has 1 atom stereocenters. The average molecular weight is 350 g/mol. The lowest BCUT2D eigenvalue weighted by Crippen LogP contribution is -2.42. The number of halogens is 1. The first-order chi connectivity index (χ1) is 11.1. The fourth-order valence-electron chi connectivity index (χ4n) is 2.68. The Labute approximate surface area is 143 Å². The van der Waals surface area contributed by atoms with Gasteiger partial charge in [0.2, 0.25) is 0 Å². The van der Waals surface area contributed by atoms with E-state index in [9.17, 15) is 9.59 Å². The standard InChI is InChI=1S/C17H16ClNO3S/c1-11(22-17(21)14-8-9-15(18)23-14)16(20)19-10-4-6-12-5-2-3-7-13(12)19/h2-3,5,7-9,11H,4,6,10H2,1H3. The molecule has 0 N–H and O–H groups in total. The highest BCUT2D eigenvalue weighted by Crippen LogP contribution is 2.28. The average Bonchev–Trinajstić information content (AvgIpc) is 3.00. The molecule has 1 unspecified atom stereocenters. The van der Waals surface area contributed by atoms with Crippen LogP contribution in [0.25, 0.3) is 0 Å². The molecule has 0 spiro atoms. The fourth-order valence-corrected chi connectivity index (χ4v) is 3.60. The maximum absolute atomic E-state index is 12.7. The van der Waals surface area contributed by atoms with Crippen LogP contribution in [0.2, 0.25) is 4.34 Å². The summed E-state index contributed by atoms with van der Waals surface area (Å²) < 4.78 is 5.82. The lowest BCUT2D eigenvalue weighted by Gasteiger charge is -2.31. The van der Waals surface area contributed by atoms with E-state index in [0.717, 1.165) is 35.4 Å². The van der Waals surface area contributed by atoms with Gasteiger partial charge in [0.15, 0.2) is 6.10 Å². The van der Waals surface area contributed by atoms with Crippen molar-refractivity contribution in [2.24, 2.45) is 0 Å². The molecule has 23 heavy (non-hydrogen) atoms. The van der Waals surface area contributed by atoms with E-state index < -0.39 is 12.1 Å². The molecule has 0 fully saturated rings. The zero-order valence-electron chi connectivity index (χ0n) is 12.6. The van der Waals surface area contributed by atoms with E-state index in [-0.39, 0.29) is 5.91 Å². The van der Waals surface area contributed by atoms with Crippen LogP contribution in [0.5, 0.6) is 0 Å². The maximum atomic E-state index is 12.7. The third-order valence-corrected chi connectivity index (χ3v) is 4.99. The maximum Gasteiger partial charge on any atom is 0.349 e. The smallest absolute Gasteiger partial charge is 0.349 e. The SMILES string of the molecule is CC(OC(=O)c1ccc(Cl)s1)C(=O)N1CCCc2ccccc21. The van der Waals surface area contributed by atoms with Gasteiger partial charge in [-0.25, -0.2) is 4.79 Å². The number of hydrogen-bond donors (Lipinski definition) is 0. The van der Waals surface area contributed by atoms with Gasteiger partial charge >= 0.3 is 5.97 Å². The highest BCUT2D eigenvalue weighted by molar-refractivity contribution is 7.17. The van der Waals surface area contributed by atoms with E-state index in [1.165, 1.54) is 0 Å². The summed E-state index contributed by atoms with van der Waals surface area (Å²) in [7, 11) is 0. The minimum absolute atomic E-state index is 0.201. The van der Waals surface area contributed by atoms with Crippen LogP contribution < -0.4 is 4.90 Å². The van der Waals surface area contributed by atoms with Gasteiger partial charge in [-0.05, 0) is 43.5 Å². The van der Waals surface area contributed by atoms with Gasteiger partial charge in [0, 0.05) is 12.2 Å². The molecule has 0 saturated carbocycles. The van der Waals surface area contributed by atoms with E-state index in [4.69, 9.17) is 16.3 Å². The highest BCUT2D eigenvalue weighted by Gasteiger charge is 2.28. The van der Waals surface area contributed by atoms with Crippen LogP contribution in [0.4, 0.5) is 5.69 Å². The van der Waals surface area contributed by atoms with Crippen LogP contribution in [0.1, 0.15) is 28.6 Å². The lowest BCUT2D eigenvalue weighted by molar-refractivity contribution is -0.126. The number of benzene rings is 1. The third-order valence-electron chi connectivity index (χ3n) is 3.78. The molecule has 0 aliphatic carbocycles. The van der Waals surface area contributed by atoms with Gasteiger partial charge in [-0.1, -0.05) is 29.8 Å². The number of ether oxygens (including phenoxy) is 1. The van der Waals surface area contributed by atoms with Crippen molar-refractivity contribution < 1.29 is 14.3 Å². The van der Waals surface area contributed by atoms with Crippen molar-refractivity contribution in [1.82, 2.24) is 0 Å². The van der Waals surface area contributed by atoms with E-state index in [1.807, 2.05) is 24.3 Å². The monoisotopic (exact) mass is 349 g/mol. The summed E-state index contributed by atoms with van der Waals surface area (Å²) >= 11 is 6.96. The fraction of sp³-hybridized carbons (Fsp3) is 0.294. The van der Waals surface area contributed by atoms with Crippen LogP contribution in [0.3, 0.4) is 0 Å². The third kappa shape index (κ3) is 3.41. The van der Waals surface area contributed by atoms with Crippen molar-refractivity contribution in [2.75, 3.05) is 11.4 Å². The number of anilines is 1. The molecule has 120 valence electrons. The van der Waals surface area contributed by atoms with Gasteiger partial charge in [0.05, 0.1) is 4.34 Å². The number of rotatable bonds is 3. The molecule has 1 aromatic carbocycles. The molecular weight excluding hydrogens is 334 g/mol. The highest BCUT2D eigenvalue weighted by atomic mass is 35.5. The molecule has 1 aliphatic heterocycles. The predicted molar refractivity (Wildman–Crippen MR) is 91.3 cm³/mol. The van der Waals surface area contributed by atoms with E-state index in [1.54, 1.807) is 24.0 Å². The Bertz CT molecular complexity index is 743. The molecule has 4 nitrogen and oxygen atoms in total. The summed E-state index contributed by atoms with van der Waals surface area (Å²) in [6, 6.07) is 11.1. The number of esters is 1. The number of carbonyl (C=O) groups excluding carboxylic acids is 2. The minimum atomic E-state index is -0.838. The van der Waals surface area contributed by atoms with Gasteiger partial charge in [-0.15, -0.1) is 11.3 Å². The molecule has 3 rings (SSSR count). The normalized spacial score (nSPS) is 15.0. The Morgan fingerprint density at radius 1 is 1.26 bits per heavy atom. The first-order valence-electron chi connectivity index (χ1n) is 7.42. The molecule has 0 bridgehead atoms. The van der Waals surface area contributed by atoms with Gasteiger partial charge in [-0.2, -0.15) is 0 Å². The Balaban J connectivity index is 1.72. The van der Waals surface area contributed by atoms with E-state index in [2.05, 4.69) is 0 Å². The molecule has 1 aliphatic rings.